The molecule has 4 unspecified atom stereocenters. The molecule has 2 nitrogen and oxygen atoms in total. The first-order valence-electron chi connectivity index (χ1n) is 10.6. The molecule has 0 aliphatic heterocycles. The van der Waals surface area contributed by atoms with Crippen LogP contribution in [0.15, 0.2) is 0 Å². The Morgan fingerprint density at radius 3 is 1.52 bits per heavy atom. The fourth-order valence-corrected chi connectivity index (χ4v) is 7.26. The highest BCUT2D eigenvalue weighted by Crippen LogP contribution is 2.59. The van der Waals surface area contributed by atoms with Crippen LogP contribution in [-0.2, 0) is 0 Å². The van der Waals surface area contributed by atoms with Crippen molar-refractivity contribution in [1.29, 1.82) is 0 Å². The van der Waals surface area contributed by atoms with Crippen molar-refractivity contribution in [1.82, 2.24) is 0 Å². The van der Waals surface area contributed by atoms with Gasteiger partial charge in [-0.3, -0.25) is 0 Å². The van der Waals surface area contributed by atoms with Gasteiger partial charge in [-0.25, -0.2) is 0 Å². The third-order valence-electron chi connectivity index (χ3n) is 8.05. The van der Waals surface area contributed by atoms with Crippen LogP contribution >= 0.6 is 0 Å². The van der Waals surface area contributed by atoms with Crippen LogP contribution in [0, 0.1) is 35.5 Å². The van der Waals surface area contributed by atoms with Gasteiger partial charge in [0.25, 0.3) is 0 Å². The second kappa shape index (κ2) is 6.67. The van der Waals surface area contributed by atoms with Gasteiger partial charge in [-0.05, 0) is 61.2 Å². The summed E-state index contributed by atoms with van der Waals surface area (Å²) in [6, 6.07) is 0. The number of rotatable bonds is 4. The summed E-state index contributed by atoms with van der Waals surface area (Å²) in [5.41, 5.74) is 0. The third kappa shape index (κ3) is 3.35. The SMILES string of the molecule is OC(O)(CC1CCCC1)CC1C2CCCCC2C2CCCCC21. The Morgan fingerprint density at radius 1 is 0.565 bits per heavy atom. The van der Waals surface area contributed by atoms with Crippen LogP contribution in [0.25, 0.3) is 0 Å². The average molecular weight is 321 g/mol. The molecular formula is C21H36O2. The van der Waals surface area contributed by atoms with Crippen molar-refractivity contribution in [3.8, 4) is 0 Å². The van der Waals surface area contributed by atoms with E-state index >= 15 is 0 Å². The molecule has 0 aromatic rings. The van der Waals surface area contributed by atoms with Crippen molar-refractivity contribution in [2.75, 3.05) is 0 Å². The lowest BCUT2D eigenvalue weighted by molar-refractivity contribution is -0.191. The first kappa shape index (κ1) is 16.4. The Kier molecular flexibility index (Phi) is 4.75. The molecule has 4 atom stereocenters. The Bertz CT molecular complexity index is 377. The maximum Gasteiger partial charge on any atom is 0.163 e. The molecular weight excluding hydrogens is 284 g/mol. The molecule has 0 aromatic heterocycles. The van der Waals surface area contributed by atoms with Crippen LogP contribution in [0.5, 0.6) is 0 Å². The van der Waals surface area contributed by atoms with Crippen molar-refractivity contribution in [3.63, 3.8) is 0 Å². The Balaban J connectivity index is 1.47. The van der Waals surface area contributed by atoms with E-state index in [2.05, 4.69) is 0 Å². The van der Waals surface area contributed by atoms with Crippen LogP contribution in [-0.4, -0.2) is 16.0 Å². The molecule has 0 heterocycles. The Morgan fingerprint density at radius 2 is 1.00 bits per heavy atom. The Hall–Kier alpha value is -0.0800. The fraction of sp³-hybridized carbons (Fsp3) is 1.00. The molecule has 0 bridgehead atoms. The van der Waals surface area contributed by atoms with Crippen LogP contribution in [0.3, 0.4) is 0 Å². The van der Waals surface area contributed by atoms with Crippen LogP contribution < -0.4 is 0 Å². The maximum atomic E-state index is 10.8. The van der Waals surface area contributed by atoms with Gasteiger partial charge >= 0.3 is 0 Å². The second-order valence-electron chi connectivity index (χ2n) is 9.43. The predicted molar refractivity (Wildman–Crippen MR) is 92.7 cm³/mol. The standard InChI is InChI=1S/C21H36O2/c22-21(23,13-15-7-1-2-8-15)14-20-18-11-5-3-9-16(18)17-10-4-6-12-19(17)20/h15-20,22-23H,1-14H2. The molecule has 4 rings (SSSR count). The van der Waals surface area contributed by atoms with Gasteiger partial charge in [-0.1, -0.05) is 51.4 Å². The molecule has 0 amide bonds. The monoisotopic (exact) mass is 320 g/mol. The topological polar surface area (TPSA) is 40.5 Å². The summed E-state index contributed by atoms with van der Waals surface area (Å²) in [5.74, 6) is 3.21. The molecule has 4 saturated carbocycles. The summed E-state index contributed by atoms with van der Waals surface area (Å²) in [7, 11) is 0. The summed E-state index contributed by atoms with van der Waals surface area (Å²) in [6.45, 7) is 0. The highest BCUT2D eigenvalue weighted by Gasteiger charge is 2.52. The van der Waals surface area contributed by atoms with Crippen molar-refractivity contribution in [2.24, 2.45) is 35.5 Å². The minimum atomic E-state index is -1.39. The number of hydrogen-bond acceptors (Lipinski definition) is 2. The smallest absolute Gasteiger partial charge is 0.163 e. The zero-order valence-electron chi connectivity index (χ0n) is 14.8. The van der Waals surface area contributed by atoms with Gasteiger partial charge in [0.15, 0.2) is 5.79 Å². The molecule has 23 heavy (non-hydrogen) atoms. The lowest BCUT2D eigenvalue weighted by Crippen LogP contribution is -2.36. The minimum absolute atomic E-state index is 0.565. The van der Waals surface area contributed by atoms with Crippen molar-refractivity contribution in [2.45, 2.75) is 95.7 Å². The molecule has 4 aliphatic carbocycles. The van der Waals surface area contributed by atoms with Crippen LogP contribution in [0.2, 0.25) is 0 Å². The van der Waals surface area contributed by atoms with E-state index in [1.54, 1.807) is 0 Å². The van der Waals surface area contributed by atoms with Gasteiger partial charge < -0.3 is 10.2 Å². The summed E-state index contributed by atoms with van der Waals surface area (Å²) in [5, 5.41) is 21.5. The highest BCUT2D eigenvalue weighted by atomic mass is 16.5. The van der Waals surface area contributed by atoms with Crippen LogP contribution in [0.4, 0.5) is 0 Å². The summed E-state index contributed by atoms with van der Waals surface area (Å²) in [4.78, 5) is 0. The lowest BCUT2D eigenvalue weighted by atomic mass is 9.73. The van der Waals surface area contributed by atoms with Gasteiger partial charge in [-0.2, -0.15) is 0 Å². The first-order valence-corrected chi connectivity index (χ1v) is 10.6. The van der Waals surface area contributed by atoms with Crippen LogP contribution in [0.1, 0.15) is 89.9 Å². The van der Waals surface area contributed by atoms with Gasteiger partial charge in [0.1, 0.15) is 0 Å². The second-order valence-corrected chi connectivity index (χ2v) is 9.43. The highest BCUT2D eigenvalue weighted by molar-refractivity contribution is 5.00. The molecule has 0 radical (unpaired) electrons. The molecule has 2 N–H and O–H groups in total. The van der Waals surface area contributed by atoms with Gasteiger partial charge in [-0.15, -0.1) is 0 Å². The van der Waals surface area contributed by atoms with Crippen molar-refractivity contribution >= 4 is 0 Å². The quantitative estimate of drug-likeness (QED) is 0.725. The molecule has 2 heteroatoms. The normalized spacial score (nSPS) is 41.7. The lowest BCUT2D eigenvalue weighted by Gasteiger charge is -2.35. The maximum absolute atomic E-state index is 10.8. The van der Waals surface area contributed by atoms with Gasteiger partial charge in [0.2, 0.25) is 0 Å². The van der Waals surface area contributed by atoms with E-state index < -0.39 is 5.79 Å². The largest absolute Gasteiger partial charge is 0.366 e. The molecule has 0 aromatic carbocycles. The number of fused-ring (bicyclic) bond motifs is 3. The van der Waals surface area contributed by atoms with Crippen molar-refractivity contribution in [3.05, 3.63) is 0 Å². The molecule has 0 spiro atoms. The first-order chi connectivity index (χ1) is 11.1. The van der Waals surface area contributed by atoms with Gasteiger partial charge in [0, 0.05) is 12.8 Å². The molecule has 132 valence electrons. The molecule has 0 saturated heterocycles. The molecule has 4 aliphatic rings. The van der Waals surface area contributed by atoms with E-state index in [1.807, 2.05) is 0 Å². The zero-order valence-corrected chi connectivity index (χ0v) is 14.8. The zero-order chi connectivity index (χ0) is 15.9. The van der Waals surface area contributed by atoms with Crippen molar-refractivity contribution < 1.29 is 10.2 Å². The summed E-state index contributed by atoms with van der Waals surface area (Å²) < 4.78 is 0. The third-order valence-corrected chi connectivity index (χ3v) is 8.05. The van der Waals surface area contributed by atoms with E-state index in [-0.39, 0.29) is 0 Å². The summed E-state index contributed by atoms with van der Waals surface area (Å²) in [6.07, 6.45) is 17.5. The predicted octanol–water partition coefficient (Wildman–Crippen LogP) is 4.88. The Labute approximate surface area is 142 Å². The van der Waals surface area contributed by atoms with E-state index in [0.29, 0.717) is 24.7 Å². The number of aliphatic hydroxyl groups is 2. The van der Waals surface area contributed by atoms with E-state index in [1.165, 1.54) is 77.0 Å². The van der Waals surface area contributed by atoms with E-state index in [4.69, 9.17) is 0 Å². The van der Waals surface area contributed by atoms with E-state index in [9.17, 15) is 10.2 Å². The number of hydrogen-bond donors (Lipinski definition) is 2. The van der Waals surface area contributed by atoms with Gasteiger partial charge in [0.05, 0.1) is 0 Å². The fourth-order valence-electron chi connectivity index (χ4n) is 7.26. The minimum Gasteiger partial charge on any atom is -0.366 e. The average Bonchev–Trinajstić information content (AvgIpc) is 3.15. The van der Waals surface area contributed by atoms with E-state index in [0.717, 1.165) is 23.7 Å². The summed E-state index contributed by atoms with van der Waals surface area (Å²) >= 11 is 0. The molecule has 4 fully saturated rings.